The van der Waals surface area contributed by atoms with Crippen LogP contribution in [0.4, 0.5) is 11.4 Å². The van der Waals surface area contributed by atoms with Crippen LogP contribution in [-0.2, 0) is 22.4 Å². The van der Waals surface area contributed by atoms with E-state index in [0.29, 0.717) is 0 Å². The molecule has 0 aliphatic carbocycles. The fourth-order valence-electron chi connectivity index (χ4n) is 3.55. The van der Waals surface area contributed by atoms with Crippen LogP contribution in [0.1, 0.15) is 37.0 Å². The monoisotopic (exact) mass is 336 g/mol. The van der Waals surface area contributed by atoms with Gasteiger partial charge in [-0.2, -0.15) is 0 Å². The van der Waals surface area contributed by atoms with E-state index < -0.39 is 0 Å². The molecular formula is C21H24N2O2. The fraction of sp³-hybridized carbons (Fsp3) is 0.333. The van der Waals surface area contributed by atoms with Crippen LogP contribution in [0.5, 0.6) is 0 Å². The topological polar surface area (TPSA) is 49.4 Å². The lowest BCUT2D eigenvalue weighted by Crippen LogP contribution is -2.37. The van der Waals surface area contributed by atoms with Crippen molar-refractivity contribution in [3.63, 3.8) is 0 Å². The van der Waals surface area contributed by atoms with Crippen LogP contribution in [0.3, 0.4) is 0 Å². The van der Waals surface area contributed by atoms with E-state index in [2.05, 4.69) is 12.2 Å². The summed E-state index contributed by atoms with van der Waals surface area (Å²) in [4.78, 5) is 26.9. The first-order valence-electron chi connectivity index (χ1n) is 8.79. The number of hydrogen-bond donors (Lipinski definition) is 1. The van der Waals surface area contributed by atoms with E-state index in [1.165, 1.54) is 0 Å². The van der Waals surface area contributed by atoms with Crippen LogP contribution >= 0.6 is 0 Å². The Morgan fingerprint density at radius 3 is 2.68 bits per heavy atom. The van der Waals surface area contributed by atoms with Crippen molar-refractivity contribution in [2.45, 2.75) is 46.1 Å². The molecule has 25 heavy (non-hydrogen) atoms. The minimum Gasteiger partial charge on any atom is -0.325 e. The maximum absolute atomic E-state index is 12.7. The van der Waals surface area contributed by atoms with E-state index in [9.17, 15) is 9.59 Å². The second kappa shape index (κ2) is 7.09. The molecule has 2 aromatic rings. The molecule has 3 rings (SSSR count). The molecule has 130 valence electrons. The molecule has 0 saturated carbocycles. The summed E-state index contributed by atoms with van der Waals surface area (Å²) in [6.45, 7) is 6.04. The Kier molecular flexibility index (Phi) is 4.88. The number of para-hydroxylation sites is 2. The highest BCUT2D eigenvalue weighted by molar-refractivity contribution is 6.10. The van der Waals surface area contributed by atoms with Gasteiger partial charge in [-0.05, 0) is 49.4 Å². The van der Waals surface area contributed by atoms with Crippen LogP contribution in [0.25, 0.3) is 0 Å². The van der Waals surface area contributed by atoms with E-state index in [4.69, 9.17) is 0 Å². The lowest BCUT2D eigenvalue weighted by atomic mass is 10.1. The van der Waals surface area contributed by atoms with Gasteiger partial charge in [-0.15, -0.1) is 0 Å². The van der Waals surface area contributed by atoms with Crippen LogP contribution < -0.4 is 10.2 Å². The van der Waals surface area contributed by atoms with E-state index >= 15 is 0 Å². The van der Waals surface area contributed by atoms with Gasteiger partial charge in [-0.1, -0.05) is 43.3 Å². The second-order valence-electron chi connectivity index (χ2n) is 6.63. The molecule has 2 aromatic carbocycles. The maximum atomic E-state index is 12.7. The molecule has 1 heterocycles. The van der Waals surface area contributed by atoms with Crippen molar-refractivity contribution < 1.29 is 9.59 Å². The predicted octanol–water partition coefficient (Wildman–Crippen LogP) is 3.86. The van der Waals surface area contributed by atoms with Gasteiger partial charge in [0.1, 0.15) is 6.42 Å². The van der Waals surface area contributed by atoms with Crippen molar-refractivity contribution in [3.8, 4) is 0 Å². The molecule has 0 spiro atoms. The Labute approximate surface area is 148 Å². The van der Waals surface area contributed by atoms with Gasteiger partial charge < -0.3 is 10.2 Å². The molecule has 1 atom stereocenters. The molecule has 1 unspecified atom stereocenters. The molecule has 0 bridgehead atoms. The van der Waals surface area contributed by atoms with Gasteiger partial charge in [0, 0.05) is 17.4 Å². The molecular weight excluding hydrogens is 312 g/mol. The first-order chi connectivity index (χ1) is 12.0. The third kappa shape index (κ3) is 3.43. The van der Waals surface area contributed by atoms with Crippen LogP contribution in [-0.4, -0.2) is 17.9 Å². The highest BCUT2D eigenvalue weighted by atomic mass is 16.2. The van der Waals surface area contributed by atoms with Crippen molar-refractivity contribution in [2.75, 3.05) is 10.2 Å². The summed E-state index contributed by atoms with van der Waals surface area (Å²) in [7, 11) is 0. The minimum atomic E-state index is -0.259. The van der Waals surface area contributed by atoms with Gasteiger partial charge in [0.25, 0.3) is 0 Å². The molecule has 1 N–H and O–H groups in total. The number of nitrogens with zero attached hydrogens (tertiary/aromatic N) is 1. The molecule has 1 aliphatic heterocycles. The molecule has 1 aliphatic rings. The Morgan fingerprint density at radius 1 is 1.16 bits per heavy atom. The number of benzene rings is 2. The second-order valence-corrected chi connectivity index (χ2v) is 6.63. The quantitative estimate of drug-likeness (QED) is 0.862. The number of hydrogen-bond acceptors (Lipinski definition) is 2. The number of fused-ring (bicyclic) bond motifs is 1. The average molecular weight is 336 g/mol. The van der Waals surface area contributed by atoms with Gasteiger partial charge >= 0.3 is 0 Å². The summed E-state index contributed by atoms with van der Waals surface area (Å²) in [5, 5.41) is 2.94. The third-order valence-electron chi connectivity index (χ3n) is 4.79. The number of amides is 2. The largest absolute Gasteiger partial charge is 0.325 e. The summed E-state index contributed by atoms with van der Waals surface area (Å²) in [6, 6.07) is 13.9. The Balaban J connectivity index is 1.73. The highest BCUT2D eigenvalue weighted by Gasteiger charge is 2.31. The maximum Gasteiger partial charge on any atom is 0.236 e. The van der Waals surface area contributed by atoms with Gasteiger partial charge in [0.05, 0.1) is 0 Å². The lowest BCUT2D eigenvalue weighted by molar-refractivity contribution is -0.125. The molecule has 4 nitrogen and oxygen atoms in total. The Bertz CT molecular complexity index is 813. The fourth-order valence-corrected chi connectivity index (χ4v) is 3.55. The predicted molar refractivity (Wildman–Crippen MR) is 101 cm³/mol. The van der Waals surface area contributed by atoms with Gasteiger partial charge in [0.15, 0.2) is 0 Å². The van der Waals surface area contributed by atoms with Crippen LogP contribution in [0.15, 0.2) is 42.5 Å². The van der Waals surface area contributed by atoms with Crippen molar-refractivity contribution in [1.82, 2.24) is 0 Å². The Hall–Kier alpha value is -2.62. The molecule has 0 saturated heterocycles. The van der Waals surface area contributed by atoms with Crippen molar-refractivity contribution in [1.29, 1.82) is 0 Å². The summed E-state index contributed by atoms with van der Waals surface area (Å²) in [5.74, 6) is -0.410. The molecule has 0 fully saturated rings. The summed E-state index contributed by atoms with van der Waals surface area (Å²) in [5.41, 5.74) is 5.02. The van der Waals surface area contributed by atoms with Gasteiger partial charge in [-0.25, -0.2) is 0 Å². The van der Waals surface area contributed by atoms with E-state index in [0.717, 1.165) is 40.9 Å². The number of aryl methyl sites for hydroxylation is 2. The first-order valence-corrected chi connectivity index (χ1v) is 8.79. The van der Waals surface area contributed by atoms with Crippen LogP contribution in [0.2, 0.25) is 0 Å². The minimum absolute atomic E-state index is 0.0855. The van der Waals surface area contributed by atoms with Gasteiger partial charge in [-0.3, -0.25) is 9.59 Å². The number of rotatable bonds is 4. The smallest absolute Gasteiger partial charge is 0.236 e. The van der Waals surface area contributed by atoms with Gasteiger partial charge in [0.2, 0.25) is 11.8 Å². The summed E-state index contributed by atoms with van der Waals surface area (Å²) in [6.07, 6.45) is 1.53. The molecule has 4 heteroatoms. The lowest BCUT2D eigenvalue weighted by Gasteiger charge is -2.22. The van der Waals surface area contributed by atoms with Crippen molar-refractivity contribution >= 4 is 23.2 Å². The third-order valence-corrected chi connectivity index (χ3v) is 4.79. The zero-order chi connectivity index (χ0) is 18.0. The standard InChI is InChI=1S/C21H24N2O2/c1-4-16-10-7-8-14(2)21(16)22-19(24)13-20(25)23-15(3)12-17-9-5-6-11-18(17)23/h5-11,15H,4,12-13H2,1-3H3,(H,22,24). The first kappa shape index (κ1) is 17.2. The van der Waals surface area contributed by atoms with Crippen LogP contribution in [0, 0.1) is 6.92 Å². The number of nitrogens with one attached hydrogen (secondary N) is 1. The summed E-state index contributed by atoms with van der Waals surface area (Å²) >= 11 is 0. The average Bonchev–Trinajstić information content (AvgIpc) is 2.92. The number of carbonyl (C=O) groups is 2. The molecule has 2 amide bonds. The summed E-state index contributed by atoms with van der Waals surface area (Å²) < 4.78 is 0. The number of carbonyl (C=O) groups excluding carboxylic acids is 2. The van der Waals surface area contributed by atoms with Crippen molar-refractivity contribution in [2.24, 2.45) is 0 Å². The van der Waals surface area contributed by atoms with E-state index in [1.54, 1.807) is 4.90 Å². The Morgan fingerprint density at radius 2 is 1.92 bits per heavy atom. The molecule has 0 radical (unpaired) electrons. The zero-order valence-electron chi connectivity index (χ0n) is 15.0. The van der Waals surface area contributed by atoms with Crippen molar-refractivity contribution in [3.05, 3.63) is 59.2 Å². The SMILES string of the molecule is CCc1cccc(C)c1NC(=O)CC(=O)N1c2ccccc2CC1C. The zero-order valence-corrected chi connectivity index (χ0v) is 15.0. The van der Waals surface area contributed by atoms with E-state index in [1.807, 2.05) is 56.3 Å². The molecule has 0 aromatic heterocycles. The van der Waals surface area contributed by atoms with E-state index in [-0.39, 0.29) is 24.3 Å². The highest BCUT2D eigenvalue weighted by Crippen LogP contribution is 2.32. The normalized spacial score (nSPS) is 15.8. The number of anilines is 2.